The number of benzene rings is 2. The Balaban J connectivity index is 1.81. The van der Waals surface area contributed by atoms with Crippen molar-refractivity contribution >= 4 is 23.7 Å². The van der Waals surface area contributed by atoms with Crippen molar-refractivity contribution in [3.63, 3.8) is 0 Å². The van der Waals surface area contributed by atoms with Crippen LogP contribution in [0.15, 0.2) is 65.8 Å². The molecule has 0 saturated carbocycles. The summed E-state index contributed by atoms with van der Waals surface area (Å²) in [4.78, 5) is 23.7. The van der Waals surface area contributed by atoms with Crippen molar-refractivity contribution in [2.24, 2.45) is 0 Å². The highest BCUT2D eigenvalue weighted by Gasteiger charge is 2.17. The molecule has 0 radical (unpaired) electrons. The van der Waals surface area contributed by atoms with Crippen LogP contribution in [0.4, 0.5) is 4.79 Å². The number of rotatable bonds is 6. The Labute approximate surface area is 167 Å². The first-order valence-electron chi connectivity index (χ1n) is 8.84. The van der Waals surface area contributed by atoms with Crippen LogP contribution in [0.2, 0.25) is 0 Å². The molecule has 3 amide bonds. The van der Waals surface area contributed by atoms with Gasteiger partial charge in [-0.05, 0) is 26.0 Å². The lowest BCUT2D eigenvalue weighted by atomic mass is 10.2. The number of hydrogen-bond donors (Lipinski definition) is 2. The molecule has 0 aliphatic carbocycles. The van der Waals surface area contributed by atoms with Gasteiger partial charge in [0.15, 0.2) is 11.0 Å². The van der Waals surface area contributed by atoms with Crippen LogP contribution >= 0.6 is 11.8 Å². The lowest BCUT2D eigenvalue weighted by molar-refractivity contribution is -0.117. The zero-order valence-electron chi connectivity index (χ0n) is 15.6. The Hall–Kier alpha value is -3.13. The maximum Gasteiger partial charge on any atom is 0.321 e. The second kappa shape index (κ2) is 9.18. The van der Waals surface area contributed by atoms with Crippen LogP contribution < -0.4 is 10.6 Å². The van der Waals surface area contributed by atoms with Crippen molar-refractivity contribution in [3.05, 3.63) is 60.7 Å². The van der Waals surface area contributed by atoms with Gasteiger partial charge in [0, 0.05) is 17.3 Å². The molecule has 0 atom stereocenters. The van der Waals surface area contributed by atoms with E-state index < -0.39 is 11.9 Å². The molecule has 2 aromatic carbocycles. The van der Waals surface area contributed by atoms with Crippen LogP contribution in [-0.2, 0) is 4.79 Å². The van der Waals surface area contributed by atoms with Gasteiger partial charge in [0.05, 0.1) is 5.75 Å². The fourth-order valence-electron chi connectivity index (χ4n) is 2.54. The average molecular weight is 395 g/mol. The van der Waals surface area contributed by atoms with E-state index in [1.807, 2.05) is 79.1 Å². The van der Waals surface area contributed by atoms with Crippen LogP contribution in [0.3, 0.4) is 0 Å². The minimum Gasteiger partial charge on any atom is -0.336 e. The molecule has 0 aliphatic rings. The summed E-state index contributed by atoms with van der Waals surface area (Å²) in [5, 5.41) is 14.1. The number of nitrogens with one attached hydrogen (secondary N) is 2. The van der Waals surface area contributed by atoms with E-state index in [1.165, 1.54) is 11.8 Å². The molecule has 144 valence electrons. The van der Waals surface area contributed by atoms with Crippen molar-refractivity contribution < 1.29 is 9.59 Å². The van der Waals surface area contributed by atoms with Gasteiger partial charge in [0.25, 0.3) is 0 Å². The minimum absolute atomic E-state index is 0.0462. The lowest BCUT2D eigenvalue weighted by Gasteiger charge is -2.11. The molecule has 2 N–H and O–H groups in total. The van der Waals surface area contributed by atoms with E-state index in [2.05, 4.69) is 20.8 Å². The number of para-hydroxylation sites is 1. The van der Waals surface area contributed by atoms with Gasteiger partial charge in [-0.25, -0.2) is 4.79 Å². The number of nitrogens with zero attached hydrogens (tertiary/aromatic N) is 3. The molecular weight excluding hydrogens is 374 g/mol. The molecule has 28 heavy (non-hydrogen) atoms. The van der Waals surface area contributed by atoms with Gasteiger partial charge in [-0.2, -0.15) is 0 Å². The molecule has 8 heteroatoms. The largest absolute Gasteiger partial charge is 0.336 e. The van der Waals surface area contributed by atoms with Gasteiger partial charge < -0.3 is 5.32 Å². The van der Waals surface area contributed by atoms with Crippen molar-refractivity contribution in [2.45, 2.75) is 25.0 Å². The predicted molar refractivity (Wildman–Crippen MR) is 109 cm³/mol. The maximum absolute atomic E-state index is 12.1. The first kappa shape index (κ1) is 19.6. The molecule has 0 saturated heterocycles. The highest BCUT2D eigenvalue weighted by atomic mass is 32.2. The first-order chi connectivity index (χ1) is 13.5. The molecule has 1 heterocycles. The SMILES string of the molecule is CC(C)NC(=O)NC(=O)CSc1nnc(-c2ccccc2)n1-c1ccccc1. The van der Waals surface area contributed by atoms with E-state index in [9.17, 15) is 9.59 Å². The van der Waals surface area contributed by atoms with Crippen LogP contribution in [0.1, 0.15) is 13.8 Å². The second-order valence-corrected chi connectivity index (χ2v) is 7.25. The van der Waals surface area contributed by atoms with Crippen LogP contribution in [-0.4, -0.2) is 38.5 Å². The average Bonchev–Trinajstić information content (AvgIpc) is 3.11. The summed E-state index contributed by atoms with van der Waals surface area (Å²) in [5.74, 6) is 0.338. The molecule has 0 spiro atoms. The van der Waals surface area contributed by atoms with E-state index in [-0.39, 0.29) is 11.8 Å². The fraction of sp³-hybridized carbons (Fsp3) is 0.200. The summed E-state index contributed by atoms with van der Waals surface area (Å²) in [6.45, 7) is 3.65. The van der Waals surface area contributed by atoms with Gasteiger partial charge in [0.1, 0.15) is 0 Å². The van der Waals surface area contributed by atoms with Crippen LogP contribution in [0.25, 0.3) is 17.1 Å². The van der Waals surface area contributed by atoms with Crippen molar-refractivity contribution in [2.75, 3.05) is 5.75 Å². The third kappa shape index (κ3) is 4.98. The number of urea groups is 1. The molecule has 1 aromatic heterocycles. The van der Waals surface area contributed by atoms with Gasteiger partial charge in [0.2, 0.25) is 5.91 Å². The zero-order chi connectivity index (χ0) is 19.9. The standard InChI is InChI=1S/C20H21N5O2S/c1-14(2)21-19(27)22-17(26)13-28-20-24-23-18(15-9-5-3-6-10-15)25(20)16-11-7-4-8-12-16/h3-12,14H,13H2,1-2H3,(H2,21,22,26,27). The fourth-order valence-corrected chi connectivity index (χ4v) is 3.29. The highest BCUT2D eigenvalue weighted by Crippen LogP contribution is 2.27. The zero-order valence-corrected chi connectivity index (χ0v) is 16.4. The van der Waals surface area contributed by atoms with E-state index >= 15 is 0 Å². The van der Waals surface area contributed by atoms with Crippen molar-refractivity contribution in [1.29, 1.82) is 0 Å². The normalized spacial score (nSPS) is 10.7. The quantitative estimate of drug-likeness (QED) is 0.626. The summed E-state index contributed by atoms with van der Waals surface area (Å²) in [7, 11) is 0. The van der Waals surface area contributed by atoms with E-state index in [0.717, 1.165) is 11.3 Å². The predicted octanol–water partition coefficient (Wildman–Crippen LogP) is 3.26. The molecule has 3 rings (SSSR count). The number of hydrogen-bond acceptors (Lipinski definition) is 5. The molecule has 0 bridgehead atoms. The van der Waals surface area contributed by atoms with Gasteiger partial charge in [-0.3, -0.25) is 14.7 Å². The van der Waals surface area contributed by atoms with Crippen LogP contribution in [0.5, 0.6) is 0 Å². The summed E-state index contributed by atoms with van der Waals surface area (Å²) < 4.78 is 1.90. The minimum atomic E-state index is -0.505. The monoisotopic (exact) mass is 395 g/mol. The summed E-state index contributed by atoms with van der Waals surface area (Å²) in [5.41, 5.74) is 1.82. The topological polar surface area (TPSA) is 88.9 Å². The number of amides is 3. The number of thioether (sulfide) groups is 1. The van der Waals surface area contributed by atoms with E-state index in [4.69, 9.17) is 0 Å². The van der Waals surface area contributed by atoms with Crippen molar-refractivity contribution in [1.82, 2.24) is 25.4 Å². The number of aromatic nitrogens is 3. The Kier molecular flexibility index (Phi) is 6.44. The summed E-state index contributed by atoms with van der Waals surface area (Å²) in [6.07, 6.45) is 0. The number of carbonyl (C=O) groups excluding carboxylic acids is 2. The van der Waals surface area contributed by atoms with Crippen molar-refractivity contribution in [3.8, 4) is 17.1 Å². The maximum atomic E-state index is 12.1. The number of imide groups is 1. The first-order valence-corrected chi connectivity index (χ1v) is 9.82. The molecule has 0 aliphatic heterocycles. The number of carbonyl (C=O) groups is 2. The summed E-state index contributed by atoms with van der Waals surface area (Å²) >= 11 is 1.22. The molecular formula is C20H21N5O2S. The highest BCUT2D eigenvalue weighted by molar-refractivity contribution is 7.99. The second-order valence-electron chi connectivity index (χ2n) is 6.31. The molecule has 0 fully saturated rings. The lowest BCUT2D eigenvalue weighted by Crippen LogP contribution is -2.43. The van der Waals surface area contributed by atoms with Gasteiger partial charge >= 0.3 is 6.03 Å². The molecule has 3 aromatic rings. The Morgan fingerprint density at radius 2 is 1.64 bits per heavy atom. The third-order valence-corrected chi connectivity index (χ3v) is 4.61. The third-order valence-electron chi connectivity index (χ3n) is 3.68. The Morgan fingerprint density at radius 3 is 2.29 bits per heavy atom. The molecule has 0 unspecified atom stereocenters. The smallest absolute Gasteiger partial charge is 0.321 e. The Bertz CT molecular complexity index is 942. The molecule has 7 nitrogen and oxygen atoms in total. The van der Waals surface area contributed by atoms with Gasteiger partial charge in [-0.1, -0.05) is 60.3 Å². The van der Waals surface area contributed by atoms with E-state index in [1.54, 1.807) is 0 Å². The summed E-state index contributed by atoms with van der Waals surface area (Å²) in [6, 6.07) is 18.9. The Morgan fingerprint density at radius 1 is 1.00 bits per heavy atom. The van der Waals surface area contributed by atoms with Crippen LogP contribution in [0, 0.1) is 0 Å². The van der Waals surface area contributed by atoms with Gasteiger partial charge in [-0.15, -0.1) is 10.2 Å². The van der Waals surface area contributed by atoms with E-state index in [0.29, 0.717) is 11.0 Å².